The average Bonchev–Trinajstić information content (AvgIpc) is 2.92. The summed E-state index contributed by atoms with van der Waals surface area (Å²) in [7, 11) is 0. The summed E-state index contributed by atoms with van der Waals surface area (Å²) in [5.41, 5.74) is 6.69. The van der Waals surface area contributed by atoms with E-state index >= 15 is 0 Å². The molecule has 2 N–H and O–H groups in total. The van der Waals surface area contributed by atoms with Crippen molar-refractivity contribution in [1.82, 2.24) is 0 Å². The van der Waals surface area contributed by atoms with Crippen LogP contribution in [-0.4, -0.2) is 0 Å². The van der Waals surface area contributed by atoms with Gasteiger partial charge in [-0.1, -0.05) is 24.3 Å². The molecule has 0 atom stereocenters. The molecule has 0 aromatic heterocycles. The fourth-order valence-corrected chi connectivity index (χ4v) is 1.06. The van der Waals surface area contributed by atoms with Gasteiger partial charge in [0.2, 0.25) is 0 Å². The van der Waals surface area contributed by atoms with Gasteiger partial charge in [-0.2, -0.15) is 23.8 Å². The minimum absolute atomic E-state index is 0. The van der Waals surface area contributed by atoms with Crippen LogP contribution < -0.4 is 10.8 Å². The van der Waals surface area contributed by atoms with E-state index in [1.54, 1.807) is 24.3 Å². The van der Waals surface area contributed by atoms with Crippen molar-refractivity contribution >= 4 is 6.08 Å². The summed E-state index contributed by atoms with van der Waals surface area (Å²) in [5.74, 6) is -0.366. The van der Waals surface area contributed by atoms with Crippen LogP contribution in [0.1, 0.15) is 5.56 Å². The first-order valence-electron chi connectivity index (χ1n) is 4.59. The summed E-state index contributed by atoms with van der Waals surface area (Å²) >= 11 is 0. The summed E-state index contributed by atoms with van der Waals surface area (Å²) in [4.78, 5) is 0. The Morgan fingerprint density at radius 1 is 1.38 bits per heavy atom. The van der Waals surface area contributed by atoms with Crippen LogP contribution in [0.5, 0.6) is 0 Å². The molecule has 0 fully saturated rings. The van der Waals surface area contributed by atoms with Gasteiger partial charge in [-0.25, -0.2) is 0 Å². The summed E-state index contributed by atoms with van der Waals surface area (Å²) in [6.45, 7) is 3.60. The van der Waals surface area contributed by atoms with Crippen molar-refractivity contribution in [2.24, 2.45) is 5.73 Å². The largest absolute Gasteiger partial charge is 2.00 e. The second-order valence-electron chi connectivity index (χ2n) is 2.96. The van der Waals surface area contributed by atoms with Gasteiger partial charge in [0.1, 0.15) is 0 Å². The summed E-state index contributed by atoms with van der Waals surface area (Å²) in [5, 5.41) is 10.3. The van der Waals surface area contributed by atoms with E-state index in [1.807, 2.05) is 30.3 Å². The van der Waals surface area contributed by atoms with Crippen molar-refractivity contribution in [1.29, 1.82) is 0 Å². The van der Waals surface area contributed by atoms with E-state index in [4.69, 9.17) is 5.73 Å². The van der Waals surface area contributed by atoms with Crippen LogP contribution >= 0.6 is 0 Å². The van der Waals surface area contributed by atoms with E-state index in [-0.39, 0.29) is 23.0 Å². The van der Waals surface area contributed by atoms with Crippen molar-refractivity contribution in [3.63, 3.8) is 0 Å². The maximum Gasteiger partial charge on any atom is 2.00 e. The third-order valence-corrected chi connectivity index (χ3v) is 1.87. The predicted octanol–water partition coefficient (Wildman–Crippen LogP) is 1.69. The van der Waals surface area contributed by atoms with Gasteiger partial charge in [-0.05, 0) is 11.5 Å². The third kappa shape index (κ3) is 4.78. The van der Waals surface area contributed by atoms with E-state index in [0.29, 0.717) is 5.57 Å². The Labute approximate surface area is 106 Å². The van der Waals surface area contributed by atoms with E-state index < -0.39 is 0 Å². The minimum atomic E-state index is -0.366. The predicted molar refractivity (Wildman–Crippen MR) is 61.6 cm³/mol. The van der Waals surface area contributed by atoms with Crippen molar-refractivity contribution in [3.05, 3.63) is 72.2 Å². The molecular weight excluding hydrogens is 242 g/mol. The molecule has 2 rings (SSSR count). The number of allylic oxidation sites excluding steroid dienone is 5. The minimum Gasteiger partial charge on any atom is -0.860 e. The molecule has 1 aliphatic rings. The molecule has 0 saturated carbocycles. The van der Waals surface area contributed by atoms with Gasteiger partial charge in [-0.15, -0.1) is 18.7 Å². The Morgan fingerprint density at radius 3 is 2.25 bits per heavy atom. The van der Waals surface area contributed by atoms with E-state index in [2.05, 4.69) is 6.58 Å². The second kappa shape index (κ2) is 7.69. The van der Waals surface area contributed by atoms with Crippen molar-refractivity contribution < 1.29 is 22.2 Å². The molecule has 16 heavy (non-hydrogen) atoms. The fraction of sp³-hybridized carbons (Fsp3) is 0. The van der Waals surface area contributed by atoms with Crippen LogP contribution in [0.25, 0.3) is 6.08 Å². The standard InChI is InChI=1S/C7H7.C6H7NO.Fe/c1-2-7-5-3-4-6-7;7-6(8)5-3-1-2-4-5;/h2-6H,1H2;1-4,8H,7H2;/q-1;;+2/p-1. The normalized spacial score (nSPS) is 11.4. The molecule has 0 saturated heterocycles. The van der Waals surface area contributed by atoms with Crippen LogP contribution in [0.3, 0.4) is 0 Å². The topological polar surface area (TPSA) is 49.1 Å². The fourth-order valence-electron chi connectivity index (χ4n) is 1.06. The third-order valence-electron chi connectivity index (χ3n) is 1.87. The van der Waals surface area contributed by atoms with Crippen LogP contribution in [0.2, 0.25) is 0 Å². The van der Waals surface area contributed by atoms with Gasteiger partial charge in [0.25, 0.3) is 0 Å². The summed E-state index contributed by atoms with van der Waals surface area (Å²) in [6.07, 6.45) is 8.75. The maximum atomic E-state index is 10.3. The number of hydrogen-bond acceptors (Lipinski definition) is 2. The molecule has 0 bridgehead atoms. The molecular formula is C13H13FeNO. The molecule has 84 valence electrons. The zero-order valence-electron chi connectivity index (χ0n) is 8.74. The van der Waals surface area contributed by atoms with E-state index in [1.165, 1.54) is 5.56 Å². The molecule has 0 heterocycles. The first-order valence-corrected chi connectivity index (χ1v) is 4.59. The zero-order valence-corrected chi connectivity index (χ0v) is 9.85. The quantitative estimate of drug-likeness (QED) is 0.471. The Kier molecular flexibility index (Phi) is 6.93. The van der Waals surface area contributed by atoms with Crippen molar-refractivity contribution in [3.8, 4) is 0 Å². The Balaban J connectivity index is 0.000000267. The van der Waals surface area contributed by atoms with Crippen molar-refractivity contribution in [2.45, 2.75) is 0 Å². The van der Waals surface area contributed by atoms with Gasteiger partial charge in [-0.3, -0.25) is 0 Å². The summed E-state index contributed by atoms with van der Waals surface area (Å²) in [6, 6.07) is 8.04. The number of hydrogen-bond donors (Lipinski definition) is 1. The zero-order chi connectivity index (χ0) is 11.1. The Bertz CT molecular complexity index is 382. The van der Waals surface area contributed by atoms with Crippen LogP contribution in [0.4, 0.5) is 0 Å². The van der Waals surface area contributed by atoms with Crippen LogP contribution in [-0.2, 0) is 17.1 Å². The molecule has 0 radical (unpaired) electrons. The molecule has 0 spiro atoms. The molecule has 1 aromatic carbocycles. The smallest absolute Gasteiger partial charge is 0.860 e. The number of rotatable bonds is 1. The van der Waals surface area contributed by atoms with Gasteiger partial charge < -0.3 is 10.8 Å². The number of nitrogens with two attached hydrogens (primary N) is 1. The molecule has 0 unspecified atom stereocenters. The van der Waals surface area contributed by atoms with Crippen LogP contribution in [0, 0.1) is 0 Å². The Hall–Kier alpha value is -1.57. The molecule has 1 aliphatic carbocycles. The van der Waals surface area contributed by atoms with Gasteiger partial charge in [0.15, 0.2) is 0 Å². The second-order valence-corrected chi connectivity index (χ2v) is 2.96. The van der Waals surface area contributed by atoms with Crippen molar-refractivity contribution in [2.75, 3.05) is 0 Å². The first kappa shape index (κ1) is 14.4. The molecule has 0 aliphatic heterocycles. The molecule has 0 amide bonds. The molecule has 2 nitrogen and oxygen atoms in total. The van der Waals surface area contributed by atoms with Gasteiger partial charge in [0.05, 0.1) is 0 Å². The van der Waals surface area contributed by atoms with Gasteiger partial charge in [0, 0.05) is 0 Å². The van der Waals surface area contributed by atoms with E-state index in [0.717, 1.165) is 0 Å². The SMILES string of the molecule is C=Cc1ccc[cH-]1.NC([O-])=C1C=CC=C1.[Fe+2]. The monoisotopic (exact) mass is 255 g/mol. The molecule has 1 aromatic rings. The van der Waals surface area contributed by atoms with Crippen LogP contribution in [0.15, 0.2) is 66.6 Å². The first-order chi connectivity index (χ1) is 7.24. The molecule has 3 heteroatoms. The Morgan fingerprint density at radius 2 is 2.00 bits per heavy atom. The average molecular weight is 255 g/mol. The maximum absolute atomic E-state index is 10.3. The van der Waals surface area contributed by atoms with E-state index in [9.17, 15) is 5.11 Å². The van der Waals surface area contributed by atoms with Gasteiger partial charge >= 0.3 is 17.1 Å². The summed E-state index contributed by atoms with van der Waals surface area (Å²) < 4.78 is 0.